The Labute approximate surface area is 142 Å². The lowest BCUT2D eigenvalue weighted by molar-refractivity contribution is -0.116. The monoisotopic (exact) mass is 318 g/mol. The van der Waals surface area contributed by atoms with Crippen molar-refractivity contribution in [2.45, 2.75) is 26.3 Å². The first-order valence-electron chi connectivity index (χ1n) is 8.31. The molecule has 1 unspecified atom stereocenters. The van der Waals surface area contributed by atoms with Crippen molar-refractivity contribution in [3.63, 3.8) is 0 Å². The number of anilines is 2. The van der Waals surface area contributed by atoms with E-state index < -0.39 is 0 Å². The molecule has 0 fully saturated rings. The highest BCUT2D eigenvalue weighted by molar-refractivity contribution is 6.04. The van der Waals surface area contributed by atoms with E-state index in [1.54, 1.807) is 0 Å². The third-order valence-electron chi connectivity index (χ3n) is 4.16. The molecule has 0 saturated carbocycles. The van der Waals surface area contributed by atoms with Crippen LogP contribution in [0, 0.1) is 0 Å². The number of hydrogen-bond acceptors (Lipinski definition) is 2. The molecule has 122 valence electrons. The lowest BCUT2D eigenvalue weighted by Crippen LogP contribution is -2.31. The molecule has 3 nitrogen and oxygen atoms in total. The van der Waals surface area contributed by atoms with Crippen LogP contribution < -0.4 is 10.6 Å². The Balaban J connectivity index is 1.73. The van der Waals surface area contributed by atoms with Crippen LogP contribution in [0.15, 0.2) is 66.7 Å². The molecule has 3 rings (SSSR count). The van der Waals surface area contributed by atoms with Crippen LogP contribution in [-0.4, -0.2) is 11.9 Å². The SMILES string of the molecule is CCc1cccc(NC(C)C(=O)Nc2cccc3ccccc23)c1. The van der Waals surface area contributed by atoms with Gasteiger partial charge in [-0.2, -0.15) is 0 Å². The zero-order valence-corrected chi connectivity index (χ0v) is 14.0. The molecule has 0 aliphatic carbocycles. The fraction of sp³-hybridized carbons (Fsp3) is 0.190. The third-order valence-corrected chi connectivity index (χ3v) is 4.16. The van der Waals surface area contributed by atoms with Crippen molar-refractivity contribution in [3.8, 4) is 0 Å². The molecule has 1 atom stereocenters. The average molecular weight is 318 g/mol. The summed E-state index contributed by atoms with van der Waals surface area (Å²) in [4.78, 5) is 12.5. The predicted octanol–water partition coefficient (Wildman–Crippen LogP) is 4.84. The zero-order valence-electron chi connectivity index (χ0n) is 14.0. The molecule has 0 heterocycles. The van der Waals surface area contributed by atoms with E-state index in [1.807, 2.05) is 61.5 Å². The van der Waals surface area contributed by atoms with E-state index in [-0.39, 0.29) is 11.9 Å². The van der Waals surface area contributed by atoms with Gasteiger partial charge in [-0.05, 0) is 42.5 Å². The van der Waals surface area contributed by atoms with Gasteiger partial charge in [-0.25, -0.2) is 0 Å². The Bertz CT molecular complexity index is 852. The second-order valence-corrected chi connectivity index (χ2v) is 5.94. The molecule has 0 aromatic heterocycles. The minimum absolute atomic E-state index is 0.0479. The third kappa shape index (κ3) is 3.57. The molecule has 0 aliphatic heterocycles. The number of nitrogens with one attached hydrogen (secondary N) is 2. The van der Waals surface area contributed by atoms with E-state index in [2.05, 4.69) is 29.7 Å². The number of amides is 1. The van der Waals surface area contributed by atoms with Crippen molar-refractivity contribution in [3.05, 3.63) is 72.3 Å². The number of aryl methyl sites for hydroxylation is 1. The number of hydrogen-bond donors (Lipinski definition) is 2. The number of fused-ring (bicyclic) bond motifs is 1. The Morgan fingerprint density at radius 3 is 2.58 bits per heavy atom. The van der Waals surface area contributed by atoms with Gasteiger partial charge >= 0.3 is 0 Å². The topological polar surface area (TPSA) is 41.1 Å². The van der Waals surface area contributed by atoms with Crippen LogP contribution in [0.5, 0.6) is 0 Å². The summed E-state index contributed by atoms with van der Waals surface area (Å²) in [6.45, 7) is 3.99. The van der Waals surface area contributed by atoms with E-state index in [4.69, 9.17) is 0 Å². The van der Waals surface area contributed by atoms with Gasteiger partial charge in [0.05, 0.1) is 0 Å². The highest BCUT2D eigenvalue weighted by atomic mass is 16.2. The molecule has 0 aliphatic rings. The lowest BCUT2D eigenvalue weighted by Gasteiger charge is -2.17. The van der Waals surface area contributed by atoms with E-state index in [0.717, 1.165) is 28.6 Å². The molecule has 1 amide bonds. The van der Waals surface area contributed by atoms with Gasteiger partial charge in [0.2, 0.25) is 5.91 Å². The second kappa shape index (κ2) is 7.18. The molecule has 3 heteroatoms. The summed E-state index contributed by atoms with van der Waals surface area (Å²) in [5, 5.41) is 8.47. The minimum Gasteiger partial charge on any atom is -0.374 e. The fourth-order valence-corrected chi connectivity index (χ4v) is 2.77. The number of carbonyl (C=O) groups is 1. The Morgan fingerprint density at radius 1 is 1.00 bits per heavy atom. The maximum atomic E-state index is 12.5. The van der Waals surface area contributed by atoms with Crippen LogP contribution in [0.2, 0.25) is 0 Å². The first kappa shape index (κ1) is 16.1. The van der Waals surface area contributed by atoms with Crippen LogP contribution in [0.4, 0.5) is 11.4 Å². The summed E-state index contributed by atoms with van der Waals surface area (Å²) >= 11 is 0. The van der Waals surface area contributed by atoms with Gasteiger partial charge in [0.1, 0.15) is 6.04 Å². The van der Waals surface area contributed by atoms with Crippen LogP contribution >= 0.6 is 0 Å². The molecule has 2 N–H and O–H groups in total. The summed E-state index contributed by atoms with van der Waals surface area (Å²) < 4.78 is 0. The van der Waals surface area contributed by atoms with Crippen LogP contribution in [0.25, 0.3) is 10.8 Å². The van der Waals surface area contributed by atoms with E-state index in [1.165, 1.54) is 5.56 Å². The molecule has 0 saturated heterocycles. The molecule has 0 bridgehead atoms. The van der Waals surface area contributed by atoms with Crippen molar-refractivity contribution in [1.29, 1.82) is 0 Å². The van der Waals surface area contributed by atoms with Crippen molar-refractivity contribution >= 4 is 28.1 Å². The van der Waals surface area contributed by atoms with E-state index in [0.29, 0.717) is 0 Å². The summed E-state index contributed by atoms with van der Waals surface area (Å²) in [7, 11) is 0. The maximum absolute atomic E-state index is 12.5. The van der Waals surface area contributed by atoms with Crippen LogP contribution in [0.1, 0.15) is 19.4 Å². The molecule has 3 aromatic rings. The lowest BCUT2D eigenvalue weighted by atomic mass is 10.1. The van der Waals surface area contributed by atoms with Crippen molar-refractivity contribution in [2.75, 3.05) is 10.6 Å². The van der Waals surface area contributed by atoms with E-state index in [9.17, 15) is 4.79 Å². The largest absolute Gasteiger partial charge is 0.374 e. The molecular formula is C21H22N2O. The zero-order chi connectivity index (χ0) is 16.9. The maximum Gasteiger partial charge on any atom is 0.246 e. The molecule has 0 radical (unpaired) electrons. The Morgan fingerprint density at radius 2 is 1.75 bits per heavy atom. The summed E-state index contributed by atoms with van der Waals surface area (Å²) in [5.41, 5.74) is 3.06. The summed E-state index contributed by atoms with van der Waals surface area (Å²) in [6, 6.07) is 21.8. The predicted molar refractivity (Wildman–Crippen MR) is 101 cm³/mol. The number of benzene rings is 3. The standard InChI is InChI=1S/C21H22N2O/c1-3-16-8-6-11-18(14-16)22-15(2)21(24)23-20-13-7-10-17-9-4-5-12-19(17)20/h4-15,22H,3H2,1-2H3,(H,23,24). The minimum atomic E-state index is -0.323. The highest BCUT2D eigenvalue weighted by Gasteiger charge is 2.14. The normalized spacial score (nSPS) is 11.9. The van der Waals surface area contributed by atoms with Crippen molar-refractivity contribution < 1.29 is 4.79 Å². The van der Waals surface area contributed by atoms with E-state index >= 15 is 0 Å². The second-order valence-electron chi connectivity index (χ2n) is 5.94. The molecule has 0 spiro atoms. The highest BCUT2D eigenvalue weighted by Crippen LogP contribution is 2.23. The first-order valence-corrected chi connectivity index (χ1v) is 8.31. The van der Waals surface area contributed by atoms with Gasteiger partial charge in [0.25, 0.3) is 0 Å². The van der Waals surface area contributed by atoms with Gasteiger partial charge in [0, 0.05) is 16.8 Å². The van der Waals surface area contributed by atoms with Crippen LogP contribution in [0.3, 0.4) is 0 Å². The van der Waals surface area contributed by atoms with Gasteiger partial charge < -0.3 is 10.6 Å². The van der Waals surface area contributed by atoms with Gasteiger partial charge in [-0.15, -0.1) is 0 Å². The fourth-order valence-electron chi connectivity index (χ4n) is 2.77. The first-order chi connectivity index (χ1) is 11.7. The smallest absolute Gasteiger partial charge is 0.246 e. The van der Waals surface area contributed by atoms with Gasteiger partial charge in [-0.3, -0.25) is 4.79 Å². The van der Waals surface area contributed by atoms with Crippen molar-refractivity contribution in [1.82, 2.24) is 0 Å². The summed E-state index contributed by atoms with van der Waals surface area (Å²) in [6.07, 6.45) is 0.978. The molecule has 24 heavy (non-hydrogen) atoms. The van der Waals surface area contributed by atoms with Gasteiger partial charge in [-0.1, -0.05) is 55.5 Å². The quantitative estimate of drug-likeness (QED) is 0.706. The average Bonchev–Trinajstić information content (AvgIpc) is 2.62. The molecule has 3 aromatic carbocycles. The number of rotatable bonds is 5. The summed E-state index contributed by atoms with van der Waals surface area (Å²) in [5.74, 6) is -0.0479. The van der Waals surface area contributed by atoms with Crippen molar-refractivity contribution in [2.24, 2.45) is 0 Å². The molecular weight excluding hydrogens is 296 g/mol. The van der Waals surface area contributed by atoms with Gasteiger partial charge in [0.15, 0.2) is 0 Å². The Hall–Kier alpha value is -2.81. The Kier molecular flexibility index (Phi) is 4.80. The number of carbonyl (C=O) groups excluding carboxylic acids is 1. The van der Waals surface area contributed by atoms with Crippen LogP contribution in [-0.2, 0) is 11.2 Å².